The van der Waals surface area contributed by atoms with Gasteiger partial charge in [0.25, 0.3) is 5.91 Å². The molecule has 0 fully saturated rings. The van der Waals surface area contributed by atoms with Crippen LogP contribution in [0.15, 0.2) is 65.6 Å². The molecule has 0 saturated carbocycles. The van der Waals surface area contributed by atoms with Crippen molar-refractivity contribution in [2.45, 2.75) is 70.1 Å². The molecule has 0 bridgehead atoms. The van der Waals surface area contributed by atoms with Gasteiger partial charge in [-0.2, -0.15) is 4.31 Å². The molecule has 0 radical (unpaired) electrons. The number of carbonyl (C=O) groups is 2. The second-order valence-corrected chi connectivity index (χ2v) is 15.3. The summed E-state index contributed by atoms with van der Waals surface area (Å²) in [4.78, 5) is 29.2. The average Bonchev–Trinajstić information content (AvgIpc) is 3.57. The molecule has 2 heterocycles. The molecule has 0 saturated heterocycles. The number of rotatable bonds is 8. The molecule has 4 atom stereocenters. The fourth-order valence-electron chi connectivity index (χ4n) is 5.97. The molecule has 2 aliphatic rings. The lowest BCUT2D eigenvalue weighted by Crippen LogP contribution is -2.48. The van der Waals surface area contributed by atoms with Gasteiger partial charge in [-0.1, -0.05) is 24.6 Å². The van der Waals surface area contributed by atoms with Gasteiger partial charge in [0.15, 0.2) is 11.5 Å². The number of sulfonamides is 1. The first-order valence-corrected chi connectivity index (χ1v) is 18.6. The molecule has 3 aromatic carbocycles. The highest BCUT2D eigenvalue weighted by atomic mass is 32.2. The van der Waals surface area contributed by atoms with Crippen LogP contribution in [0.1, 0.15) is 56.0 Å². The van der Waals surface area contributed by atoms with E-state index in [1.54, 1.807) is 72.5 Å². The van der Waals surface area contributed by atoms with E-state index in [0.29, 0.717) is 41.7 Å². The van der Waals surface area contributed by atoms with Crippen molar-refractivity contribution >= 4 is 33.3 Å². The van der Waals surface area contributed by atoms with Crippen LogP contribution >= 0.6 is 0 Å². The van der Waals surface area contributed by atoms with Crippen LogP contribution in [0.25, 0.3) is 0 Å². The maximum atomic E-state index is 14.4. The van der Waals surface area contributed by atoms with E-state index in [4.69, 9.17) is 18.9 Å². The van der Waals surface area contributed by atoms with Crippen LogP contribution in [0.3, 0.4) is 0 Å². The Hall–Kier alpha value is -4.37. The number of likely N-dealkylation sites (N-methyl/N-ethyl adjacent to an activating group) is 1. The van der Waals surface area contributed by atoms with Gasteiger partial charge in [0.2, 0.25) is 16.8 Å². The zero-order chi connectivity index (χ0) is 36.7. The first-order valence-electron chi connectivity index (χ1n) is 17.2. The van der Waals surface area contributed by atoms with Crippen molar-refractivity contribution < 1.29 is 42.1 Å². The molecule has 2 aliphatic heterocycles. The molecule has 51 heavy (non-hydrogen) atoms. The minimum atomic E-state index is -3.80. The lowest BCUT2D eigenvalue weighted by molar-refractivity contribution is -0.00834. The molecular weight excluding hydrogens is 676 g/mol. The number of hydrogen-bond acceptors (Lipinski definition) is 9. The predicted octanol–water partition coefficient (Wildman–Crippen LogP) is 5.48. The Morgan fingerprint density at radius 1 is 0.980 bits per heavy atom. The molecule has 3 N–H and O–H groups in total. The molecule has 0 aromatic heterocycles. The molecule has 276 valence electrons. The molecule has 0 spiro atoms. The van der Waals surface area contributed by atoms with E-state index in [2.05, 4.69) is 10.6 Å². The highest BCUT2D eigenvalue weighted by Crippen LogP contribution is 2.34. The van der Waals surface area contributed by atoms with Crippen molar-refractivity contribution in [3.63, 3.8) is 0 Å². The van der Waals surface area contributed by atoms with Crippen LogP contribution in [-0.4, -0.2) is 93.1 Å². The molecule has 3 aromatic rings. The summed E-state index contributed by atoms with van der Waals surface area (Å²) < 4.78 is 51.6. The molecule has 13 nitrogen and oxygen atoms in total. The number of anilines is 2. The molecule has 5 rings (SSSR count). The maximum Gasteiger partial charge on any atom is 0.323 e. The molecule has 0 unspecified atom stereocenters. The summed E-state index contributed by atoms with van der Waals surface area (Å²) in [6, 6.07) is 15.5. The number of carbonyl (C=O) groups excluding carboxylic acids is 2. The Labute approximate surface area is 299 Å². The summed E-state index contributed by atoms with van der Waals surface area (Å²) in [5.41, 5.74) is 2.01. The summed E-state index contributed by atoms with van der Waals surface area (Å²) in [6.07, 6.45) is 1.41. The first-order chi connectivity index (χ1) is 24.3. The zero-order valence-corrected chi connectivity index (χ0v) is 30.6. The number of ether oxygens (including phenoxy) is 4. The number of nitrogens with zero attached hydrogens (tertiary/aromatic N) is 2. The summed E-state index contributed by atoms with van der Waals surface area (Å²) in [5.74, 6) is 0.717. The van der Waals surface area contributed by atoms with E-state index >= 15 is 0 Å². The monoisotopic (exact) mass is 724 g/mol. The van der Waals surface area contributed by atoms with Gasteiger partial charge in [0, 0.05) is 50.1 Å². The molecule has 0 aliphatic carbocycles. The normalized spacial score (nSPS) is 20.6. The number of aliphatic hydroxyl groups is 1. The van der Waals surface area contributed by atoms with Crippen LogP contribution in [0.5, 0.6) is 17.2 Å². The Morgan fingerprint density at radius 2 is 1.65 bits per heavy atom. The standard InChI is InChI=1S/C37H48N4O9S/c1-24-9-13-30(14-10-24)51(45,46)40(5)21-35-25(2)20-41(26(3)22-42)36(43)31-18-28(11-15-32(31)50-27(4)8-6-7-17-47-35)38-37(44)39-29-12-16-33-34(19-29)49-23-48-33/h9-16,18-19,25-27,35,42H,6-8,17,20-23H2,1-5H3,(H2,38,39,44)/t25-,26+,27+,35+/m1/s1. The first kappa shape index (κ1) is 37.9. The van der Waals surface area contributed by atoms with Crippen molar-refractivity contribution in [1.29, 1.82) is 0 Å². The quantitative estimate of drug-likeness (QED) is 0.274. The fourth-order valence-corrected chi connectivity index (χ4v) is 7.16. The van der Waals surface area contributed by atoms with Crippen molar-refractivity contribution in [2.24, 2.45) is 5.92 Å². The van der Waals surface area contributed by atoms with E-state index in [9.17, 15) is 23.1 Å². The van der Waals surface area contributed by atoms with Crippen LogP contribution in [-0.2, 0) is 14.8 Å². The number of hydrogen-bond donors (Lipinski definition) is 3. The van der Waals surface area contributed by atoms with Crippen molar-refractivity contribution in [1.82, 2.24) is 9.21 Å². The number of aliphatic hydroxyl groups excluding tert-OH is 1. The number of aryl methyl sites for hydroxylation is 1. The van der Waals surface area contributed by atoms with Gasteiger partial charge in [-0.05, 0) is 82.5 Å². The molecule has 3 amide bonds. The SMILES string of the molecule is Cc1ccc(S(=O)(=O)N(C)C[C@@H]2OCCCC[C@H](C)Oc3ccc(NC(=O)Nc4ccc5c(c4)OCO5)cc3C(=O)N([C@@H](C)CO)C[C@H]2C)cc1. The van der Waals surface area contributed by atoms with Crippen LogP contribution in [0.2, 0.25) is 0 Å². The largest absolute Gasteiger partial charge is 0.490 e. The van der Waals surface area contributed by atoms with Gasteiger partial charge < -0.3 is 39.6 Å². The Bertz CT molecular complexity index is 1790. The summed E-state index contributed by atoms with van der Waals surface area (Å²) in [7, 11) is -2.27. The Morgan fingerprint density at radius 3 is 2.35 bits per heavy atom. The van der Waals surface area contributed by atoms with Gasteiger partial charge in [-0.15, -0.1) is 0 Å². The lowest BCUT2D eigenvalue weighted by Gasteiger charge is -2.35. The number of benzene rings is 3. The van der Waals surface area contributed by atoms with Crippen molar-refractivity contribution in [3.8, 4) is 17.2 Å². The minimum absolute atomic E-state index is 0.0650. The Balaban J connectivity index is 1.39. The van der Waals surface area contributed by atoms with Crippen molar-refractivity contribution in [2.75, 3.05) is 50.8 Å². The summed E-state index contributed by atoms with van der Waals surface area (Å²) >= 11 is 0. The summed E-state index contributed by atoms with van der Waals surface area (Å²) in [6.45, 7) is 7.89. The predicted molar refractivity (Wildman–Crippen MR) is 193 cm³/mol. The third-order valence-electron chi connectivity index (χ3n) is 9.11. The number of urea groups is 1. The third-order valence-corrected chi connectivity index (χ3v) is 10.9. The van der Waals surface area contributed by atoms with Crippen LogP contribution in [0.4, 0.5) is 16.2 Å². The zero-order valence-electron chi connectivity index (χ0n) is 29.8. The third kappa shape index (κ3) is 9.50. The van der Waals surface area contributed by atoms with E-state index in [0.717, 1.165) is 18.4 Å². The Kier molecular flexibility index (Phi) is 12.5. The smallest absolute Gasteiger partial charge is 0.323 e. The molecule has 14 heteroatoms. The topological polar surface area (TPSA) is 156 Å². The van der Waals surface area contributed by atoms with E-state index in [1.165, 1.54) is 11.4 Å². The van der Waals surface area contributed by atoms with Gasteiger partial charge in [-0.25, -0.2) is 13.2 Å². The number of amides is 3. The van der Waals surface area contributed by atoms with E-state index < -0.39 is 34.1 Å². The maximum absolute atomic E-state index is 14.4. The number of nitrogens with one attached hydrogen (secondary N) is 2. The molecular formula is C37H48N4O9S. The van der Waals surface area contributed by atoms with Gasteiger partial charge in [0.05, 0.1) is 35.3 Å². The van der Waals surface area contributed by atoms with Gasteiger partial charge >= 0.3 is 6.03 Å². The second kappa shape index (κ2) is 16.8. The van der Waals surface area contributed by atoms with E-state index in [1.807, 2.05) is 20.8 Å². The average molecular weight is 725 g/mol. The van der Waals surface area contributed by atoms with Crippen LogP contribution in [0, 0.1) is 12.8 Å². The minimum Gasteiger partial charge on any atom is -0.490 e. The second-order valence-electron chi connectivity index (χ2n) is 13.3. The number of fused-ring (bicyclic) bond motifs is 2. The highest BCUT2D eigenvalue weighted by Gasteiger charge is 2.32. The van der Waals surface area contributed by atoms with Crippen LogP contribution < -0.4 is 24.8 Å². The highest BCUT2D eigenvalue weighted by molar-refractivity contribution is 7.89. The van der Waals surface area contributed by atoms with Crippen molar-refractivity contribution in [3.05, 3.63) is 71.8 Å². The fraction of sp³-hybridized carbons (Fsp3) is 0.459. The lowest BCUT2D eigenvalue weighted by atomic mass is 10.0. The summed E-state index contributed by atoms with van der Waals surface area (Å²) in [5, 5.41) is 15.8. The van der Waals surface area contributed by atoms with E-state index in [-0.39, 0.29) is 49.0 Å². The van der Waals surface area contributed by atoms with Gasteiger partial charge in [0.1, 0.15) is 5.75 Å². The van der Waals surface area contributed by atoms with Gasteiger partial charge in [-0.3, -0.25) is 4.79 Å².